The number of esters is 1. The zero-order valence-electron chi connectivity index (χ0n) is 30.0. The summed E-state index contributed by atoms with van der Waals surface area (Å²) < 4.78 is 5.12. The number of urea groups is 1. The number of hydrogen-bond acceptors (Lipinski definition) is 5. The van der Waals surface area contributed by atoms with E-state index in [9.17, 15) is 19.5 Å². The number of hydrogen-bond donors (Lipinski definition) is 4. The molecule has 0 saturated heterocycles. The van der Waals surface area contributed by atoms with Gasteiger partial charge in [0, 0.05) is 40.0 Å². The second-order valence-electron chi connectivity index (χ2n) is 16.8. The molecule has 7 atom stereocenters. The molecule has 5 aliphatic rings. The molecule has 0 radical (unpaired) electrons. The van der Waals surface area contributed by atoms with Crippen molar-refractivity contribution in [1.29, 1.82) is 0 Å². The monoisotopic (exact) mass is 665 g/mol. The Morgan fingerprint density at radius 3 is 2.51 bits per heavy atom. The quantitative estimate of drug-likeness (QED) is 0.242. The number of allylic oxidation sites excluding steroid dienone is 7. The molecule has 3 saturated carbocycles. The number of ether oxygens (including phenoxy) is 1. The van der Waals surface area contributed by atoms with Crippen molar-refractivity contribution in [3.63, 3.8) is 0 Å². The maximum Gasteiger partial charge on any atom is 0.328 e. The molecule has 8 heteroatoms. The predicted molar refractivity (Wildman–Crippen MR) is 191 cm³/mol. The Morgan fingerprint density at radius 1 is 1.02 bits per heavy atom. The number of aromatic nitrogens is 1. The fraction of sp³-hybridized carbons (Fsp3) is 0.537. The number of aliphatic hydroxyl groups is 1. The van der Waals surface area contributed by atoms with Crippen molar-refractivity contribution in [2.24, 2.45) is 27.6 Å². The third-order valence-corrected chi connectivity index (χ3v) is 14.2. The molecule has 1 heterocycles. The number of amides is 2. The summed E-state index contributed by atoms with van der Waals surface area (Å²) in [5.74, 6) is -0.574. The van der Waals surface area contributed by atoms with Crippen molar-refractivity contribution in [1.82, 2.24) is 15.6 Å². The number of nitrogens with one attached hydrogen (secondary N) is 3. The van der Waals surface area contributed by atoms with E-state index < -0.39 is 17.6 Å². The first-order chi connectivity index (χ1) is 23.1. The van der Waals surface area contributed by atoms with Gasteiger partial charge in [0.15, 0.2) is 5.76 Å². The maximum absolute atomic E-state index is 13.7. The van der Waals surface area contributed by atoms with Gasteiger partial charge in [0.25, 0.3) is 0 Å². The van der Waals surface area contributed by atoms with E-state index in [0.29, 0.717) is 17.9 Å². The van der Waals surface area contributed by atoms with Crippen molar-refractivity contribution < 1.29 is 24.2 Å². The predicted octanol–water partition coefficient (Wildman–Crippen LogP) is 7.93. The Bertz CT molecular complexity index is 1900. The van der Waals surface area contributed by atoms with Crippen molar-refractivity contribution in [2.75, 3.05) is 7.11 Å². The van der Waals surface area contributed by atoms with Crippen LogP contribution in [0.25, 0.3) is 10.9 Å². The number of para-hydroxylation sites is 1. The van der Waals surface area contributed by atoms with Gasteiger partial charge in [-0.2, -0.15) is 0 Å². The van der Waals surface area contributed by atoms with E-state index >= 15 is 0 Å². The fourth-order valence-corrected chi connectivity index (χ4v) is 10.9. The molecular formula is C41H51N3O5. The van der Waals surface area contributed by atoms with Crippen molar-refractivity contribution in [2.45, 2.75) is 104 Å². The summed E-state index contributed by atoms with van der Waals surface area (Å²) in [4.78, 5) is 42.7. The molecule has 3 fully saturated rings. The van der Waals surface area contributed by atoms with Gasteiger partial charge in [-0.1, -0.05) is 63.6 Å². The van der Waals surface area contributed by atoms with E-state index in [2.05, 4.69) is 62.4 Å². The first-order valence-corrected chi connectivity index (χ1v) is 17.9. The molecule has 2 aromatic rings. The molecule has 0 aliphatic heterocycles. The van der Waals surface area contributed by atoms with Crippen LogP contribution in [0.1, 0.15) is 92.1 Å². The molecule has 7 rings (SSSR count). The van der Waals surface area contributed by atoms with Crippen LogP contribution in [0.3, 0.4) is 0 Å². The summed E-state index contributed by atoms with van der Waals surface area (Å²) in [5, 5.41) is 17.8. The SMILES string of the molecule is COC(=O)[C@H](Cc1c[nH]c2ccccc12)NC(=O)N[C@]1(C)CC[C@]2(C)CC[C@]3(C)C4=CC=C5C(=CC(=O)C(O)=C5C)[C@]4(C)CC[C@@]3(C)[C@@H]2C1. The van der Waals surface area contributed by atoms with Crippen LogP contribution in [0.15, 0.2) is 76.7 Å². The van der Waals surface area contributed by atoms with E-state index in [4.69, 9.17) is 4.74 Å². The number of aromatic amines is 1. The number of methoxy groups -OCH3 is 1. The summed E-state index contributed by atoms with van der Waals surface area (Å²) >= 11 is 0. The van der Waals surface area contributed by atoms with Crippen LogP contribution in [-0.4, -0.2) is 46.6 Å². The molecule has 0 bridgehead atoms. The van der Waals surface area contributed by atoms with Crippen molar-refractivity contribution in [3.8, 4) is 0 Å². The van der Waals surface area contributed by atoms with Crippen LogP contribution in [0.4, 0.5) is 4.79 Å². The molecule has 0 unspecified atom stereocenters. The average Bonchev–Trinajstić information content (AvgIpc) is 3.48. The number of carbonyl (C=O) groups is 3. The van der Waals surface area contributed by atoms with Crippen molar-refractivity contribution >= 4 is 28.7 Å². The molecule has 260 valence electrons. The average molecular weight is 666 g/mol. The van der Waals surface area contributed by atoms with Gasteiger partial charge in [0.2, 0.25) is 5.78 Å². The molecule has 1 aromatic carbocycles. The Labute approximate surface area is 289 Å². The third kappa shape index (κ3) is 4.95. The van der Waals surface area contributed by atoms with Gasteiger partial charge in [0.1, 0.15) is 6.04 Å². The van der Waals surface area contributed by atoms with Crippen LogP contribution >= 0.6 is 0 Å². The molecular weight excluding hydrogens is 614 g/mol. The number of carbonyl (C=O) groups excluding carboxylic acids is 3. The number of benzene rings is 1. The minimum atomic E-state index is -0.828. The summed E-state index contributed by atoms with van der Waals surface area (Å²) in [7, 11) is 1.35. The number of H-pyrrole nitrogens is 1. The Kier molecular flexibility index (Phi) is 7.66. The van der Waals surface area contributed by atoms with Crippen LogP contribution in [0.2, 0.25) is 0 Å². The molecule has 4 N–H and O–H groups in total. The van der Waals surface area contributed by atoms with E-state index in [1.54, 1.807) is 6.08 Å². The lowest BCUT2D eigenvalue weighted by molar-refractivity contribution is -0.152. The zero-order chi connectivity index (χ0) is 35.1. The molecule has 1 aromatic heterocycles. The smallest absolute Gasteiger partial charge is 0.328 e. The van der Waals surface area contributed by atoms with E-state index in [-0.39, 0.29) is 39.2 Å². The van der Waals surface area contributed by atoms with Gasteiger partial charge in [0.05, 0.1) is 7.11 Å². The summed E-state index contributed by atoms with van der Waals surface area (Å²) in [6.07, 6.45) is 15.1. The Hall–Kier alpha value is -4.07. The first kappa shape index (κ1) is 33.4. The molecule has 0 spiro atoms. The lowest BCUT2D eigenvalue weighted by Gasteiger charge is -2.70. The zero-order valence-corrected chi connectivity index (χ0v) is 30.0. The number of ketones is 1. The normalized spacial score (nSPS) is 35.9. The van der Waals surface area contributed by atoms with Gasteiger partial charge < -0.3 is 25.5 Å². The minimum absolute atomic E-state index is 0.0350. The summed E-state index contributed by atoms with van der Waals surface area (Å²) in [6, 6.07) is 6.74. The minimum Gasteiger partial charge on any atom is -0.504 e. The summed E-state index contributed by atoms with van der Waals surface area (Å²) in [5.41, 5.74) is 5.27. The number of fused-ring (bicyclic) bond motifs is 8. The number of aliphatic hydroxyl groups excluding tert-OH is 1. The van der Waals surface area contributed by atoms with Crippen LogP contribution in [0.5, 0.6) is 0 Å². The van der Waals surface area contributed by atoms with E-state index in [1.165, 1.54) is 12.7 Å². The molecule has 8 nitrogen and oxygen atoms in total. The lowest BCUT2D eigenvalue weighted by Crippen LogP contribution is -2.65. The van der Waals surface area contributed by atoms with Gasteiger partial charge in [-0.15, -0.1) is 0 Å². The highest BCUT2D eigenvalue weighted by Gasteiger charge is 2.66. The van der Waals surface area contributed by atoms with Crippen LogP contribution in [-0.2, 0) is 20.7 Å². The second kappa shape index (κ2) is 11.2. The summed E-state index contributed by atoms with van der Waals surface area (Å²) in [6.45, 7) is 13.7. The third-order valence-electron chi connectivity index (χ3n) is 14.2. The maximum atomic E-state index is 13.7. The van der Waals surface area contributed by atoms with Crippen molar-refractivity contribution in [3.05, 3.63) is 82.3 Å². The van der Waals surface area contributed by atoms with E-state index in [1.807, 2.05) is 37.4 Å². The number of rotatable bonds is 5. The lowest BCUT2D eigenvalue weighted by atomic mass is 9.35. The van der Waals surface area contributed by atoms with Gasteiger partial charge in [-0.3, -0.25) is 4.79 Å². The standard InChI is InChI=1S/C41H51N3O5/c1-24-26-12-13-32-39(4,28(26)21-31(45)34(24)46)17-19-41(6)33-22-38(3,16-14-37(33,2)15-18-40(32,41)5)44-36(48)43-30(35(47)49-7)20-25-23-42-29-11-9-8-10-27(25)29/h8-13,21,23,30,33,42,46H,14-20,22H2,1-7H3,(H2,43,44,48)/t30-,33+,37+,38+,39-,40+,41-/m0/s1. The largest absolute Gasteiger partial charge is 0.504 e. The van der Waals surface area contributed by atoms with Crippen LogP contribution < -0.4 is 10.6 Å². The molecule has 49 heavy (non-hydrogen) atoms. The van der Waals surface area contributed by atoms with Gasteiger partial charge >= 0.3 is 12.0 Å². The highest BCUT2D eigenvalue weighted by Crippen LogP contribution is 2.75. The fourth-order valence-electron chi connectivity index (χ4n) is 10.9. The van der Waals surface area contributed by atoms with Crippen LogP contribution in [0, 0.1) is 27.6 Å². The molecule has 2 amide bonds. The molecule has 5 aliphatic carbocycles. The Morgan fingerprint density at radius 2 is 1.76 bits per heavy atom. The Balaban J connectivity index is 1.14. The highest BCUT2D eigenvalue weighted by atomic mass is 16.5. The first-order valence-electron chi connectivity index (χ1n) is 17.9. The highest BCUT2D eigenvalue weighted by molar-refractivity contribution is 6.06. The van der Waals surface area contributed by atoms with Gasteiger partial charge in [-0.05, 0) is 110 Å². The second-order valence-corrected chi connectivity index (χ2v) is 16.8. The van der Waals surface area contributed by atoms with Gasteiger partial charge in [-0.25, -0.2) is 9.59 Å². The topological polar surface area (TPSA) is 121 Å². The van der Waals surface area contributed by atoms with E-state index in [0.717, 1.165) is 72.6 Å².